The van der Waals surface area contributed by atoms with Gasteiger partial charge in [-0.25, -0.2) is 4.68 Å². The van der Waals surface area contributed by atoms with Gasteiger partial charge < -0.3 is 0 Å². The van der Waals surface area contributed by atoms with E-state index in [2.05, 4.69) is 21.4 Å². The number of aromatic nitrogens is 4. The van der Waals surface area contributed by atoms with Gasteiger partial charge in [0.2, 0.25) is 0 Å². The molecule has 0 amide bonds. The number of nitriles is 1. The van der Waals surface area contributed by atoms with Crippen LogP contribution >= 0.6 is 0 Å². The van der Waals surface area contributed by atoms with Gasteiger partial charge in [-0.1, -0.05) is 0 Å². The summed E-state index contributed by atoms with van der Waals surface area (Å²) in [6.45, 7) is 7.55. The van der Waals surface area contributed by atoms with Crippen LogP contribution < -0.4 is 0 Å². The minimum atomic E-state index is 0.501. The van der Waals surface area contributed by atoms with Crippen LogP contribution in [0.5, 0.6) is 0 Å². The highest BCUT2D eigenvalue weighted by Gasteiger charge is 2.14. The highest BCUT2D eigenvalue weighted by Crippen LogP contribution is 2.18. The van der Waals surface area contributed by atoms with E-state index >= 15 is 0 Å². The second-order valence-electron chi connectivity index (χ2n) is 4.06. The zero-order valence-corrected chi connectivity index (χ0v) is 10.3. The van der Waals surface area contributed by atoms with Crippen LogP contribution in [0.1, 0.15) is 28.2 Å². The van der Waals surface area contributed by atoms with Gasteiger partial charge in [0.1, 0.15) is 11.6 Å². The minimum Gasteiger partial charge on any atom is -0.217 e. The molecule has 2 heterocycles. The molecule has 0 N–H and O–H groups in total. The molecule has 0 aliphatic carbocycles. The fourth-order valence-electron chi connectivity index (χ4n) is 1.72. The molecular weight excluding hydrogens is 214 g/mol. The molecule has 0 aliphatic heterocycles. The fourth-order valence-corrected chi connectivity index (χ4v) is 1.72. The van der Waals surface area contributed by atoms with Crippen molar-refractivity contribution < 1.29 is 0 Å². The van der Waals surface area contributed by atoms with Crippen molar-refractivity contribution in [2.75, 3.05) is 0 Å². The molecule has 0 spiro atoms. The number of rotatable bonds is 1. The number of aryl methyl sites for hydroxylation is 3. The van der Waals surface area contributed by atoms with Crippen molar-refractivity contribution in [3.05, 3.63) is 34.3 Å². The predicted octanol–water partition coefficient (Wildman–Crippen LogP) is 1.77. The summed E-state index contributed by atoms with van der Waals surface area (Å²) in [7, 11) is 0. The van der Waals surface area contributed by atoms with Gasteiger partial charge in [-0.3, -0.25) is 0 Å². The Kier molecular flexibility index (Phi) is 2.64. The Hall–Kier alpha value is -2.22. The maximum Gasteiger partial charge on any atom is 0.194 e. The zero-order chi connectivity index (χ0) is 12.6. The van der Waals surface area contributed by atoms with Crippen molar-refractivity contribution in [1.82, 2.24) is 20.0 Å². The van der Waals surface area contributed by atoms with Crippen LogP contribution in [0.3, 0.4) is 0 Å². The Labute approximate surface area is 99.7 Å². The van der Waals surface area contributed by atoms with Crippen LogP contribution in [0.25, 0.3) is 5.82 Å². The molecule has 5 heteroatoms. The fraction of sp³-hybridized carbons (Fsp3) is 0.333. The Morgan fingerprint density at radius 2 is 1.88 bits per heavy atom. The zero-order valence-electron chi connectivity index (χ0n) is 10.3. The van der Waals surface area contributed by atoms with Crippen molar-refractivity contribution in [2.45, 2.75) is 27.7 Å². The summed E-state index contributed by atoms with van der Waals surface area (Å²) in [5, 5.41) is 21.7. The standard InChI is InChI=1S/C12H13N5/c1-7-5-8(2)17(16-7)12-11(6-13)9(3)10(4)14-15-12/h5H,1-4H3. The van der Waals surface area contributed by atoms with E-state index in [-0.39, 0.29) is 0 Å². The molecule has 0 fully saturated rings. The molecule has 0 saturated carbocycles. The molecule has 0 unspecified atom stereocenters. The summed E-state index contributed by atoms with van der Waals surface area (Å²) in [5.74, 6) is 0.501. The van der Waals surface area contributed by atoms with Gasteiger partial charge in [-0.2, -0.15) is 15.5 Å². The van der Waals surface area contributed by atoms with Crippen LogP contribution in [-0.4, -0.2) is 20.0 Å². The van der Waals surface area contributed by atoms with E-state index in [1.165, 1.54) is 0 Å². The van der Waals surface area contributed by atoms with Crippen molar-refractivity contribution in [2.24, 2.45) is 0 Å². The number of hydrogen-bond acceptors (Lipinski definition) is 4. The second kappa shape index (κ2) is 3.98. The maximum absolute atomic E-state index is 9.22. The van der Waals surface area contributed by atoms with Crippen molar-refractivity contribution in [3.63, 3.8) is 0 Å². The van der Waals surface area contributed by atoms with E-state index in [9.17, 15) is 5.26 Å². The van der Waals surface area contributed by atoms with Gasteiger partial charge in [-0.05, 0) is 39.3 Å². The van der Waals surface area contributed by atoms with Gasteiger partial charge in [0, 0.05) is 5.69 Å². The lowest BCUT2D eigenvalue weighted by molar-refractivity contribution is 0.768. The van der Waals surface area contributed by atoms with Crippen molar-refractivity contribution >= 4 is 0 Å². The molecule has 2 aromatic rings. The third-order valence-corrected chi connectivity index (χ3v) is 2.76. The molecule has 0 aromatic carbocycles. The first-order valence-corrected chi connectivity index (χ1v) is 5.32. The maximum atomic E-state index is 9.22. The Morgan fingerprint density at radius 3 is 2.41 bits per heavy atom. The Balaban J connectivity index is 2.73. The summed E-state index contributed by atoms with van der Waals surface area (Å²) < 4.78 is 1.66. The van der Waals surface area contributed by atoms with Crippen LogP contribution in [0.15, 0.2) is 6.07 Å². The number of hydrogen-bond donors (Lipinski definition) is 0. The molecular formula is C12H13N5. The lowest BCUT2D eigenvalue weighted by Crippen LogP contribution is -2.09. The first-order valence-electron chi connectivity index (χ1n) is 5.32. The Morgan fingerprint density at radius 1 is 1.18 bits per heavy atom. The van der Waals surface area contributed by atoms with Gasteiger partial charge in [-0.15, -0.1) is 5.10 Å². The smallest absolute Gasteiger partial charge is 0.194 e. The van der Waals surface area contributed by atoms with Gasteiger partial charge >= 0.3 is 0 Å². The van der Waals surface area contributed by atoms with Gasteiger partial charge in [0.25, 0.3) is 0 Å². The van der Waals surface area contributed by atoms with E-state index in [0.29, 0.717) is 11.4 Å². The molecule has 17 heavy (non-hydrogen) atoms. The predicted molar refractivity (Wildman–Crippen MR) is 62.8 cm³/mol. The van der Waals surface area contributed by atoms with E-state index < -0.39 is 0 Å². The normalized spacial score (nSPS) is 10.3. The van der Waals surface area contributed by atoms with E-state index in [1.807, 2.05) is 33.8 Å². The minimum absolute atomic E-state index is 0.501. The second-order valence-corrected chi connectivity index (χ2v) is 4.06. The van der Waals surface area contributed by atoms with E-state index in [1.54, 1.807) is 4.68 Å². The molecule has 5 nitrogen and oxygen atoms in total. The SMILES string of the molecule is Cc1cc(C)n(-c2nnc(C)c(C)c2C#N)n1. The lowest BCUT2D eigenvalue weighted by Gasteiger charge is -2.08. The van der Waals surface area contributed by atoms with E-state index in [0.717, 1.165) is 22.6 Å². The lowest BCUT2D eigenvalue weighted by atomic mass is 10.1. The average Bonchev–Trinajstić information content (AvgIpc) is 2.61. The summed E-state index contributed by atoms with van der Waals surface area (Å²) in [5.41, 5.74) is 3.99. The first-order chi connectivity index (χ1) is 8.04. The molecule has 0 radical (unpaired) electrons. The van der Waals surface area contributed by atoms with Crippen LogP contribution in [0.4, 0.5) is 0 Å². The third kappa shape index (κ3) is 1.78. The average molecular weight is 227 g/mol. The third-order valence-electron chi connectivity index (χ3n) is 2.76. The summed E-state index contributed by atoms with van der Waals surface area (Å²) in [6.07, 6.45) is 0. The van der Waals surface area contributed by atoms with Gasteiger partial charge in [0.05, 0.1) is 11.4 Å². The van der Waals surface area contributed by atoms with E-state index in [4.69, 9.17) is 0 Å². The highest BCUT2D eigenvalue weighted by molar-refractivity contribution is 5.49. The van der Waals surface area contributed by atoms with Crippen LogP contribution in [0.2, 0.25) is 0 Å². The van der Waals surface area contributed by atoms with Crippen molar-refractivity contribution in [3.8, 4) is 11.9 Å². The summed E-state index contributed by atoms with van der Waals surface area (Å²) in [6, 6.07) is 4.12. The monoisotopic (exact) mass is 227 g/mol. The topological polar surface area (TPSA) is 67.4 Å². The number of nitrogens with zero attached hydrogens (tertiary/aromatic N) is 5. The molecule has 0 atom stereocenters. The van der Waals surface area contributed by atoms with Crippen LogP contribution in [-0.2, 0) is 0 Å². The highest BCUT2D eigenvalue weighted by atomic mass is 15.3. The molecule has 0 bridgehead atoms. The van der Waals surface area contributed by atoms with Crippen molar-refractivity contribution in [1.29, 1.82) is 5.26 Å². The quantitative estimate of drug-likeness (QED) is 0.744. The molecule has 0 saturated heterocycles. The molecule has 0 aliphatic rings. The molecule has 2 aromatic heterocycles. The van der Waals surface area contributed by atoms with Gasteiger partial charge in [0.15, 0.2) is 5.82 Å². The Bertz CT molecular complexity index is 619. The summed E-state index contributed by atoms with van der Waals surface area (Å²) >= 11 is 0. The first kappa shape index (κ1) is 11.3. The van der Waals surface area contributed by atoms with Crippen LogP contribution in [0, 0.1) is 39.0 Å². The molecule has 2 rings (SSSR count). The largest absolute Gasteiger partial charge is 0.217 e. The molecule has 86 valence electrons. The summed E-state index contributed by atoms with van der Waals surface area (Å²) in [4.78, 5) is 0.